The van der Waals surface area contributed by atoms with Crippen LogP contribution in [0.4, 0.5) is 0 Å². The molecule has 0 saturated carbocycles. The Morgan fingerprint density at radius 3 is 2.53 bits per heavy atom. The quantitative estimate of drug-likeness (QED) is 0.794. The number of aliphatic hydroxyl groups excluding tert-OH is 1. The zero-order chi connectivity index (χ0) is 21.3. The molecule has 156 valence electrons. The van der Waals surface area contributed by atoms with Crippen LogP contribution in [0.3, 0.4) is 0 Å². The van der Waals surface area contributed by atoms with Crippen LogP contribution in [0.2, 0.25) is 0 Å². The van der Waals surface area contributed by atoms with Crippen molar-refractivity contribution in [1.82, 2.24) is 9.58 Å². The highest BCUT2D eigenvalue weighted by atomic mass is 16.3. The van der Waals surface area contributed by atoms with E-state index in [1.54, 1.807) is 11.6 Å². The Balaban J connectivity index is 1.92. The molecule has 0 bridgehead atoms. The first kappa shape index (κ1) is 20.0. The highest BCUT2D eigenvalue weighted by Crippen LogP contribution is 2.34. The minimum Gasteiger partial charge on any atom is -0.502 e. The third-order valence-corrected chi connectivity index (χ3v) is 5.64. The fourth-order valence-corrected chi connectivity index (χ4v) is 4.01. The van der Waals surface area contributed by atoms with Crippen LogP contribution in [0.15, 0.2) is 71.2 Å². The second-order valence-electron chi connectivity index (χ2n) is 7.61. The topological polar surface area (TPSA) is 86.0 Å². The number of aromatic nitrogens is 1. The molecule has 0 spiro atoms. The van der Waals surface area contributed by atoms with Gasteiger partial charge in [-0.15, -0.1) is 0 Å². The molecule has 2 heterocycles. The minimum atomic E-state index is -0.610. The number of rotatable bonds is 5. The summed E-state index contributed by atoms with van der Waals surface area (Å²) in [6.45, 7) is 1.71. The lowest BCUT2D eigenvalue weighted by molar-refractivity contribution is 0.0526. The second kappa shape index (κ2) is 8.20. The Morgan fingerprint density at radius 2 is 1.87 bits per heavy atom. The lowest BCUT2D eigenvalue weighted by Crippen LogP contribution is -2.58. The van der Waals surface area contributed by atoms with Gasteiger partial charge in [-0.1, -0.05) is 48.6 Å². The number of hydrogen-bond donors (Lipinski definition) is 2. The Bertz CT molecular complexity index is 1060. The summed E-state index contributed by atoms with van der Waals surface area (Å²) in [7, 11) is 0. The predicted molar refractivity (Wildman–Crippen MR) is 114 cm³/mol. The molecule has 2 aromatic rings. The average Bonchev–Trinajstić information content (AvgIpc) is 2.78. The smallest absolute Gasteiger partial charge is 0.278 e. The number of fused-ring (bicyclic) bond motifs is 1. The summed E-state index contributed by atoms with van der Waals surface area (Å²) in [6.07, 6.45) is 9.80. The molecule has 2 N–H and O–H groups in total. The van der Waals surface area contributed by atoms with E-state index in [1.807, 2.05) is 35.3 Å². The van der Waals surface area contributed by atoms with Crippen molar-refractivity contribution >= 4 is 5.91 Å². The maximum atomic E-state index is 13.1. The van der Waals surface area contributed by atoms with Gasteiger partial charge in [-0.3, -0.25) is 19.3 Å². The van der Waals surface area contributed by atoms with E-state index in [-0.39, 0.29) is 25.0 Å². The lowest BCUT2D eigenvalue weighted by Gasteiger charge is -2.45. The van der Waals surface area contributed by atoms with Crippen LogP contribution in [0.1, 0.15) is 41.9 Å². The third-order valence-electron chi connectivity index (χ3n) is 5.64. The van der Waals surface area contributed by atoms with Crippen molar-refractivity contribution in [2.45, 2.75) is 31.8 Å². The number of aromatic hydroxyl groups is 1. The van der Waals surface area contributed by atoms with Gasteiger partial charge in [0.15, 0.2) is 11.4 Å². The Hall–Kier alpha value is -3.32. The van der Waals surface area contributed by atoms with Gasteiger partial charge in [-0.05, 0) is 30.9 Å². The lowest BCUT2D eigenvalue weighted by atomic mass is 9.93. The molecule has 2 aliphatic rings. The highest BCUT2D eigenvalue weighted by molar-refractivity contribution is 5.96. The van der Waals surface area contributed by atoms with Crippen LogP contribution in [0, 0.1) is 0 Å². The molecule has 0 fully saturated rings. The van der Waals surface area contributed by atoms with Crippen LogP contribution in [-0.4, -0.2) is 45.0 Å². The summed E-state index contributed by atoms with van der Waals surface area (Å²) in [5.74, 6) is -1.06. The van der Waals surface area contributed by atoms with Crippen LogP contribution in [0.5, 0.6) is 5.75 Å². The van der Waals surface area contributed by atoms with Gasteiger partial charge in [-0.25, -0.2) is 0 Å². The first-order valence-electron chi connectivity index (χ1n) is 10.1. The molecule has 7 heteroatoms. The van der Waals surface area contributed by atoms with E-state index < -0.39 is 23.1 Å². The van der Waals surface area contributed by atoms with Gasteiger partial charge in [0.25, 0.3) is 5.91 Å². The van der Waals surface area contributed by atoms with Crippen molar-refractivity contribution in [1.29, 1.82) is 0 Å². The maximum absolute atomic E-state index is 13.1. The van der Waals surface area contributed by atoms with Crippen molar-refractivity contribution < 1.29 is 15.0 Å². The molecule has 30 heavy (non-hydrogen) atoms. The molecule has 0 saturated heterocycles. The minimum absolute atomic E-state index is 0.0876. The summed E-state index contributed by atoms with van der Waals surface area (Å²) in [4.78, 5) is 26.7. The zero-order valence-electron chi connectivity index (χ0n) is 16.8. The molecule has 1 aromatic heterocycles. The van der Waals surface area contributed by atoms with Gasteiger partial charge >= 0.3 is 0 Å². The molecule has 0 radical (unpaired) electrons. The molecule has 2 atom stereocenters. The van der Waals surface area contributed by atoms with E-state index in [0.29, 0.717) is 0 Å². The standard InChI is InChI=1S/C23H25N3O4/c1-16(14-27)24-15-26(25-13-12-19(28)22(29)21(25)23(24)30)20(17-8-4-2-5-9-17)18-10-6-3-7-11-18/h2,4-6,8-13,16,20,27,29H,3,7,14-15H2,1H3. The number of nitrogens with zero attached hydrogens (tertiary/aromatic N) is 3. The Kier molecular flexibility index (Phi) is 5.46. The second-order valence-corrected chi connectivity index (χ2v) is 7.61. The molecule has 1 amide bonds. The van der Waals surface area contributed by atoms with Crippen molar-refractivity contribution in [2.75, 3.05) is 18.3 Å². The molecule has 1 aliphatic carbocycles. The summed E-state index contributed by atoms with van der Waals surface area (Å²) >= 11 is 0. The fourth-order valence-electron chi connectivity index (χ4n) is 4.01. The van der Waals surface area contributed by atoms with Crippen LogP contribution in [0.25, 0.3) is 0 Å². The normalized spacial score (nSPS) is 18.1. The molecule has 1 aromatic carbocycles. The maximum Gasteiger partial charge on any atom is 0.278 e. The summed E-state index contributed by atoms with van der Waals surface area (Å²) in [5, 5.41) is 22.1. The van der Waals surface area contributed by atoms with Crippen LogP contribution in [-0.2, 0) is 0 Å². The van der Waals surface area contributed by atoms with Crippen molar-refractivity contribution in [3.8, 4) is 5.75 Å². The van der Waals surface area contributed by atoms with E-state index >= 15 is 0 Å². The monoisotopic (exact) mass is 407 g/mol. The Morgan fingerprint density at radius 1 is 1.10 bits per heavy atom. The van der Waals surface area contributed by atoms with Crippen LogP contribution >= 0.6 is 0 Å². The summed E-state index contributed by atoms with van der Waals surface area (Å²) in [6, 6.07) is 10.4. The number of carbonyl (C=O) groups is 1. The van der Waals surface area contributed by atoms with Crippen molar-refractivity contribution in [3.05, 3.63) is 87.9 Å². The number of aliphatic hydroxyl groups is 1. The molecular formula is C23H25N3O4. The first-order valence-corrected chi connectivity index (χ1v) is 10.1. The zero-order valence-corrected chi connectivity index (χ0v) is 16.8. The molecule has 4 rings (SSSR count). The molecule has 7 nitrogen and oxygen atoms in total. The van der Waals surface area contributed by atoms with Gasteiger partial charge in [-0.2, -0.15) is 0 Å². The third kappa shape index (κ3) is 3.41. The van der Waals surface area contributed by atoms with Crippen molar-refractivity contribution in [3.63, 3.8) is 0 Å². The number of hydrogen-bond acceptors (Lipinski definition) is 5. The van der Waals surface area contributed by atoms with E-state index in [4.69, 9.17) is 0 Å². The number of allylic oxidation sites excluding steroid dienone is 2. The van der Waals surface area contributed by atoms with E-state index in [9.17, 15) is 19.8 Å². The van der Waals surface area contributed by atoms with Crippen molar-refractivity contribution in [2.24, 2.45) is 0 Å². The SMILES string of the molecule is CC(CO)N1CN(C(C2=CCCC=C2)c2ccccc2)n2ccc(=O)c(O)c2C1=O. The Labute approximate surface area is 174 Å². The number of amides is 1. The molecular weight excluding hydrogens is 382 g/mol. The number of carbonyl (C=O) groups excluding carboxylic acids is 1. The summed E-state index contributed by atoms with van der Waals surface area (Å²) in [5.41, 5.74) is 1.39. The summed E-state index contributed by atoms with van der Waals surface area (Å²) < 4.78 is 1.57. The number of benzene rings is 1. The van der Waals surface area contributed by atoms with E-state index in [2.05, 4.69) is 18.2 Å². The fraction of sp³-hybridized carbons (Fsp3) is 0.304. The highest BCUT2D eigenvalue weighted by Gasteiger charge is 2.38. The van der Waals surface area contributed by atoms with Gasteiger partial charge in [0, 0.05) is 12.3 Å². The van der Waals surface area contributed by atoms with E-state index in [1.165, 1.54) is 17.2 Å². The van der Waals surface area contributed by atoms with Gasteiger partial charge in [0.05, 0.1) is 18.7 Å². The van der Waals surface area contributed by atoms with Crippen LogP contribution < -0.4 is 10.4 Å². The average molecular weight is 407 g/mol. The van der Waals surface area contributed by atoms with Gasteiger partial charge < -0.3 is 15.1 Å². The van der Waals surface area contributed by atoms with Gasteiger partial charge in [0.1, 0.15) is 6.67 Å². The van der Waals surface area contributed by atoms with E-state index in [0.717, 1.165) is 24.0 Å². The van der Waals surface area contributed by atoms with Gasteiger partial charge in [0.2, 0.25) is 5.43 Å². The molecule has 1 aliphatic heterocycles. The predicted octanol–water partition coefficient (Wildman–Crippen LogP) is 2.30. The largest absolute Gasteiger partial charge is 0.502 e. The number of pyridine rings is 1. The first-order chi connectivity index (χ1) is 14.5. The molecule has 2 unspecified atom stereocenters.